The summed E-state index contributed by atoms with van der Waals surface area (Å²) in [6, 6.07) is 15.4. The van der Waals surface area contributed by atoms with Gasteiger partial charge in [-0.25, -0.2) is 9.97 Å². The van der Waals surface area contributed by atoms with Crippen molar-refractivity contribution in [2.24, 2.45) is 0 Å². The molecule has 152 valence electrons. The minimum atomic E-state index is -0.290. The van der Waals surface area contributed by atoms with E-state index in [1.807, 2.05) is 30.3 Å². The number of nitrogens with one attached hydrogen (secondary N) is 1. The lowest BCUT2D eigenvalue weighted by Gasteiger charge is -2.25. The highest BCUT2D eigenvalue weighted by Crippen LogP contribution is 2.34. The van der Waals surface area contributed by atoms with Crippen molar-refractivity contribution < 1.29 is 4.79 Å². The molecule has 7 heteroatoms. The van der Waals surface area contributed by atoms with Crippen LogP contribution in [0.25, 0.3) is 21.9 Å². The number of hydrogen-bond acceptors (Lipinski definition) is 4. The van der Waals surface area contributed by atoms with Gasteiger partial charge in [-0.2, -0.15) is 0 Å². The molecular weight excluding hydrogens is 378 g/mol. The zero-order valence-electron chi connectivity index (χ0n) is 16.6. The van der Waals surface area contributed by atoms with Crippen LogP contribution in [-0.2, 0) is 11.3 Å². The smallest absolute Gasteiger partial charge is 0.261 e. The van der Waals surface area contributed by atoms with E-state index in [4.69, 9.17) is 0 Å². The highest BCUT2D eigenvalue weighted by molar-refractivity contribution is 5.91. The van der Waals surface area contributed by atoms with Crippen molar-refractivity contribution in [2.75, 3.05) is 5.32 Å². The van der Waals surface area contributed by atoms with E-state index in [1.165, 1.54) is 30.2 Å². The molecule has 1 fully saturated rings. The first kappa shape index (κ1) is 18.5. The Labute approximate surface area is 173 Å². The number of imidazole rings is 1. The highest BCUT2D eigenvalue weighted by atomic mass is 16.2. The fourth-order valence-corrected chi connectivity index (χ4v) is 4.38. The van der Waals surface area contributed by atoms with Crippen LogP contribution >= 0.6 is 0 Å². The van der Waals surface area contributed by atoms with E-state index < -0.39 is 0 Å². The minimum Gasteiger partial charge on any atom is -0.307 e. The minimum absolute atomic E-state index is 0.107. The summed E-state index contributed by atoms with van der Waals surface area (Å²) in [7, 11) is 0. The van der Waals surface area contributed by atoms with Gasteiger partial charge in [-0.1, -0.05) is 43.5 Å². The molecule has 0 bridgehead atoms. The van der Waals surface area contributed by atoms with Crippen LogP contribution in [0.4, 0.5) is 5.95 Å². The molecule has 0 spiro atoms. The molecule has 0 radical (unpaired) electrons. The quantitative estimate of drug-likeness (QED) is 0.562. The third-order valence-corrected chi connectivity index (χ3v) is 5.83. The van der Waals surface area contributed by atoms with Gasteiger partial charge in [0.15, 0.2) is 0 Å². The Balaban J connectivity index is 1.45. The van der Waals surface area contributed by atoms with E-state index in [1.54, 1.807) is 18.2 Å². The standard InChI is InChI=1S/C23H23N5O2/c29-21(14-27-15-24-18-11-5-4-10-17(18)22(27)30)26-23-25-19-12-6-7-13-20(19)28(23)16-8-2-1-3-9-16/h4-7,10-13,15-16H,1-3,8-9,14H2,(H,25,26,29). The molecule has 0 unspecified atom stereocenters. The van der Waals surface area contributed by atoms with Gasteiger partial charge in [0.05, 0.1) is 28.3 Å². The van der Waals surface area contributed by atoms with Gasteiger partial charge >= 0.3 is 0 Å². The Morgan fingerprint density at radius 1 is 1.00 bits per heavy atom. The number of fused-ring (bicyclic) bond motifs is 2. The van der Waals surface area contributed by atoms with E-state index in [0.717, 1.165) is 23.9 Å². The molecule has 1 N–H and O–H groups in total. The van der Waals surface area contributed by atoms with E-state index in [9.17, 15) is 9.59 Å². The van der Waals surface area contributed by atoms with Crippen LogP contribution in [0.2, 0.25) is 0 Å². The molecule has 5 rings (SSSR count). The van der Waals surface area contributed by atoms with Crippen LogP contribution in [0.15, 0.2) is 59.7 Å². The maximum absolute atomic E-state index is 12.8. The molecule has 1 saturated carbocycles. The first-order valence-electron chi connectivity index (χ1n) is 10.4. The Bertz CT molecular complexity index is 1280. The summed E-state index contributed by atoms with van der Waals surface area (Å²) in [6.45, 7) is -0.107. The summed E-state index contributed by atoms with van der Waals surface area (Å²) in [5, 5.41) is 3.45. The summed E-state index contributed by atoms with van der Waals surface area (Å²) in [4.78, 5) is 34.5. The number of anilines is 1. The second-order valence-corrected chi connectivity index (χ2v) is 7.83. The predicted molar refractivity (Wildman–Crippen MR) is 116 cm³/mol. The normalized spacial score (nSPS) is 14.9. The number of carbonyl (C=O) groups excluding carboxylic acids is 1. The first-order valence-corrected chi connectivity index (χ1v) is 10.4. The van der Waals surface area contributed by atoms with Crippen LogP contribution in [0.3, 0.4) is 0 Å². The molecule has 1 aliphatic carbocycles. The van der Waals surface area contributed by atoms with Gasteiger partial charge in [-0.05, 0) is 37.1 Å². The molecule has 30 heavy (non-hydrogen) atoms. The van der Waals surface area contributed by atoms with Gasteiger partial charge in [0.25, 0.3) is 5.56 Å². The van der Waals surface area contributed by atoms with Crippen LogP contribution < -0.4 is 10.9 Å². The number of rotatable bonds is 4. The second kappa shape index (κ2) is 7.74. The molecule has 2 aromatic carbocycles. The lowest BCUT2D eigenvalue weighted by atomic mass is 9.95. The zero-order chi connectivity index (χ0) is 20.5. The number of nitrogens with zero attached hydrogens (tertiary/aromatic N) is 4. The third-order valence-electron chi connectivity index (χ3n) is 5.83. The Hall–Kier alpha value is -3.48. The highest BCUT2D eigenvalue weighted by Gasteiger charge is 2.22. The maximum Gasteiger partial charge on any atom is 0.261 e. The van der Waals surface area contributed by atoms with Gasteiger partial charge in [-0.15, -0.1) is 0 Å². The Morgan fingerprint density at radius 2 is 1.73 bits per heavy atom. The van der Waals surface area contributed by atoms with E-state index in [0.29, 0.717) is 22.9 Å². The van der Waals surface area contributed by atoms with Crippen molar-refractivity contribution >= 4 is 33.8 Å². The van der Waals surface area contributed by atoms with Crippen LogP contribution in [0, 0.1) is 0 Å². The molecule has 0 aliphatic heterocycles. The third kappa shape index (κ3) is 3.36. The van der Waals surface area contributed by atoms with Crippen molar-refractivity contribution in [3.63, 3.8) is 0 Å². The number of amides is 1. The zero-order valence-corrected chi connectivity index (χ0v) is 16.6. The average Bonchev–Trinajstić information content (AvgIpc) is 3.14. The second-order valence-electron chi connectivity index (χ2n) is 7.83. The maximum atomic E-state index is 12.8. The van der Waals surface area contributed by atoms with Gasteiger partial charge in [-0.3, -0.25) is 19.5 Å². The average molecular weight is 401 g/mol. The lowest BCUT2D eigenvalue weighted by molar-refractivity contribution is -0.116. The fourth-order valence-electron chi connectivity index (χ4n) is 4.38. The van der Waals surface area contributed by atoms with Crippen molar-refractivity contribution in [1.29, 1.82) is 0 Å². The molecule has 0 atom stereocenters. The van der Waals surface area contributed by atoms with E-state index >= 15 is 0 Å². The monoisotopic (exact) mass is 401 g/mol. The molecule has 0 saturated heterocycles. The first-order chi connectivity index (χ1) is 14.7. The van der Waals surface area contributed by atoms with E-state index in [2.05, 4.69) is 19.9 Å². The summed E-state index contributed by atoms with van der Waals surface area (Å²) < 4.78 is 3.50. The van der Waals surface area contributed by atoms with E-state index in [-0.39, 0.29) is 18.0 Å². The molecule has 2 aromatic heterocycles. The molecule has 1 aliphatic rings. The van der Waals surface area contributed by atoms with Crippen LogP contribution in [0.1, 0.15) is 38.1 Å². The number of aromatic nitrogens is 4. The lowest BCUT2D eigenvalue weighted by Crippen LogP contribution is -2.29. The Kier molecular flexibility index (Phi) is 4.78. The predicted octanol–water partition coefficient (Wildman–Crippen LogP) is 3.89. The van der Waals surface area contributed by atoms with Crippen molar-refractivity contribution in [3.8, 4) is 0 Å². The number of hydrogen-bond donors (Lipinski definition) is 1. The largest absolute Gasteiger partial charge is 0.307 e. The van der Waals surface area contributed by atoms with Gasteiger partial charge in [0, 0.05) is 6.04 Å². The van der Waals surface area contributed by atoms with Gasteiger partial charge in [0.2, 0.25) is 11.9 Å². The summed E-state index contributed by atoms with van der Waals surface area (Å²) in [5.41, 5.74) is 2.29. The fraction of sp³-hybridized carbons (Fsp3) is 0.304. The summed E-state index contributed by atoms with van der Waals surface area (Å²) in [5.74, 6) is 0.261. The molecule has 2 heterocycles. The van der Waals surface area contributed by atoms with Crippen LogP contribution in [-0.4, -0.2) is 25.0 Å². The number of benzene rings is 2. The van der Waals surface area contributed by atoms with Crippen LogP contribution in [0.5, 0.6) is 0 Å². The summed E-state index contributed by atoms with van der Waals surface area (Å²) in [6.07, 6.45) is 7.21. The van der Waals surface area contributed by atoms with Crippen molar-refractivity contribution in [1.82, 2.24) is 19.1 Å². The molecular formula is C23H23N5O2. The summed E-state index contributed by atoms with van der Waals surface area (Å²) >= 11 is 0. The Morgan fingerprint density at radius 3 is 2.57 bits per heavy atom. The number of carbonyl (C=O) groups is 1. The van der Waals surface area contributed by atoms with Gasteiger partial charge < -0.3 is 4.57 Å². The molecule has 4 aromatic rings. The molecule has 7 nitrogen and oxygen atoms in total. The number of para-hydroxylation sites is 3. The van der Waals surface area contributed by atoms with Gasteiger partial charge in [0.1, 0.15) is 6.54 Å². The molecule has 1 amide bonds. The SMILES string of the molecule is O=C(Cn1cnc2ccccc2c1=O)Nc1nc2ccccc2n1C1CCCCC1. The van der Waals surface area contributed by atoms with Crippen molar-refractivity contribution in [3.05, 3.63) is 65.2 Å². The van der Waals surface area contributed by atoms with Crippen molar-refractivity contribution in [2.45, 2.75) is 44.7 Å². The topological polar surface area (TPSA) is 81.8 Å².